The van der Waals surface area contributed by atoms with Gasteiger partial charge in [0.25, 0.3) is 5.56 Å². The molecule has 1 fully saturated rings. The summed E-state index contributed by atoms with van der Waals surface area (Å²) in [4.78, 5) is 16.4. The van der Waals surface area contributed by atoms with Gasteiger partial charge in [-0.25, -0.2) is 4.98 Å². The van der Waals surface area contributed by atoms with E-state index in [4.69, 9.17) is 0 Å². The maximum atomic E-state index is 12.1. The number of nitrogens with one attached hydrogen (secondary N) is 1. The highest BCUT2D eigenvalue weighted by molar-refractivity contribution is 7.17. The van der Waals surface area contributed by atoms with Crippen LogP contribution in [-0.4, -0.2) is 22.1 Å². The van der Waals surface area contributed by atoms with Crippen LogP contribution in [0.25, 0.3) is 10.2 Å². The fourth-order valence-electron chi connectivity index (χ4n) is 2.04. The molecule has 2 aromatic heterocycles. The van der Waals surface area contributed by atoms with Gasteiger partial charge in [0.15, 0.2) is 0 Å². The third kappa shape index (κ3) is 2.62. The van der Waals surface area contributed by atoms with Crippen molar-refractivity contribution in [3.05, 3.63) is 28.1 Å². The van der Waals surface area contributed by atoms with E-state index in [0.717, 1.165) is 42.2 Å². The predicted octanol–water partition coefficient (Wildman–Crippen LogP) is 1.99. The maximum absolute atomic E-state index is 12.1. The van der Waals surface area contributed by atoms with Crippen LogP contribution in [-0.2, 0) is 6.54 Å². The number of aryl methyl sites for hydroxylation is 1. The molecule has 96 valence electrons. The zero-order valence-corrected chi connectivity index (χ0v) is 11.1. The first-order valence-corrected chi connectivity index (χ1v) is 7.38. The molecular weight excluding hydrogens is 246 g/mol. The number of unbranched alkanes of at least 4 members (excludes halogenated alkanes) is 1. The second-order valence-electron chi connectivity index (χ2n) is 4.81. The smallest absolute Gasteiger partial charge is 0.271 e. The lowest BCUT2D eigenvalue weighted by Gasteiger charge is -2.05. The van der Waals surface area contributed by atoms with Gasteiger partial charge in [-0.3, -0.25) is 9.36 Å². The Bertz CT molecular complexity index is 585. The van der Waals surface area contributed by atoms with Gasteiger partial charge in [-0.05, 0) is 43.7 Å². The normalized spacial score (nSPS) is 15.3. The highest BCUT2D eigenvalue weighted by Gasteiger charge is 2.19. The van der Waals surface area contributed by atoms with Crippen molar-refractivity contribution in [1.29, 1.82) is 0 Å². The lowest BCUT2D eigenvalue weighted by molar-refractivity contribution is 0.556. The Morgan fingerprint density at radius 3 is 3.17 bits per heavy atom. The minimum atomic E-state index is 0.102. The Morgan fingerprint density at radius 2 is 2.33 bits per heavy atom. The Balaban J connectivity index is 1.56. The zero-order chi connectivity index (χ0) is 12.4. The van der Waals surface area contributed by atoms with Crippen molar-refractivity contribution in [2.45, 2.75) is 38.3 Å². The SMILES string of the molecule is O=c1c2sccc2ncn1CCCCNC1CC1. The first-order chi connectivity index (χ1) is 8.84. The Kier molecular flexibility index (Phi) is 3.43. The molecule has 0 aromatic carbocycles. The molecule has 1 aliphatic rings. The van der Waals surface area contributed by atoms with Gasteiger partial charge in [0.1, 0.15) is 4.70 Å². The van der Waals surface area contributed by atoms with Crippen LogP contribution in [0.3, 0.4) is 0 Å². The summed E-state index contributed by atoms with van der Waals surface area (Å²) in [5.74, 6) is 0. The van der Waals surface area contributed by atoms with Gasteiger partial charge in [0.05, 0.1) is 11.8 Å². The van der Waals surface area contributed by atoms with Crippen LogP contribution in [0.5, 0.6) is 0 Å². The van der Waals surface area contributed by atoms with Crippen LogP contribution in [0.4, 0.5) is 0 Å². The third-order valence-corrected chi connectivity index (χ3v) is 4.16. The fourth-order valence-corrected chi connectivity index (χ4v) is 2.83. The summed E-state index contributed by atoms with van der Waals surface area (Å²) in [6, 6.07) is 2.67. The molecule has 0 atom stereocenters. The van der Waals surface area contributed by atoms with E-state index in [9.17, 15) is 4.79 Å². The minimum absolute atomic E-state index is 0.102. The van der Waals surface area contributed by atoms with E-state index >= 15 is 0 Å². The number of rotatable bonds is 6. The zero-order valence-electron chi connectivity index (χ0n) is 10.3. The Hall–Kier alpha value is -1.20. The molecule has 18 heavy (non-hydrogen) atoms. The summed E-state index contributed by atoms with van der Waals surface area (Å²) in [5, 5.41) is 5.40. The number of thiophene rings is 1. The van der Waals surface area contributed by atoms with Crippen molar-refractivity contribution in [3.8, 4) is 0 Å². The van der Waals surface area contributed by atoms with Crippen LogP contribution in [0.2, 0.25) is 0 Å². The molecule has 0 radical (unpaired) electrons. The van der Waals surface area contributed by atoms with Crippen LogP contribution in [0.1, 0.15) is 25.7 Å². The molecule has 3 rings (SSSR count). The van der Waals surface area contributed by atoms with E-state index in [2.05, 4.69) is 10.3 Å². The number of fused-ring (bicyclic) bond motifs is 1. The van der Waals surface area contributed by atoms with Crippen LogP contribution in [0, 0.1) is 0 Å². The lowest BCUT2D eigenvalue weighted by atomic mass is 10.3. The fraction of sp³-hybridized carbons (Fsp3) is 0.538. The van der Waals surface area contributed by atoms with Gasteiger partial charge in [-0.1, -0.05) is 0 Å². The summed E-state index contributed by atoms with van der Waals surface area (Å²) in [7, 11) is 0. The van der Waals surface area contributed by atoms with Gasteiger partial charge in [-0.15, -0.1) is 11.3 Å². The Morgan fingerprint density at radius 1 is 1.44 bits per heavy atom. The molecule has 0 spiro atoms. The second kappa shape index (κ2) is 5.20. The molecule has 0 aliphatic heterocycles. The third-order valence-electron chi connectivity index (χ3n) is 3.27. The van der Waals surface area contributed by atoms with Crippen molar-refractivity contribution in [2.75, 3.05) is 6.54 Å². The van der Waals surface area contributed by atoms with Crippen LogP contribution < -0.4 is 10.9 Å². The van der Waals surface area contributed by atoms with E-state index in [1.54, 1.807) is 10.9 Å². The number of hydrogen-bond donors (Lipinski definition) is 1. The molecule has 2 aromatic rings. The van der Waals surface area contributed by atoms with Crippen molar-refractivity contribution < 1.29 is 0 Å². The largest absolute Gasteiger partial charge is 0.314 e. The Labute approximate surface area is 110 Å². The van der Waals surface area contributed by atoms with E-state index in [0.29, 0.717) is 0 Å². The average molecular weight is 263 g/mol. The highest BCUT2D eigenvalue weighted by Crippen LogP contribution is 2.18. The van der Waals surface area contributed by atoms with Gasteiger partial charge in [-0.2, -0.15) is 0 Å². The van der Waals surface area contributed by atoms with E-state index < -0.39 is 0 Å². The molecule has 4 nitrogen and oxygen atoms in total. The summed E-state index contributed by atoms with van der Waals surface area (Å²) in [5.41, 5.74) is 0.918. The number of aromatic nitrogens is 2. The van der Waals surface area contributed by atoms with Crippen molar-refractivity contribution in [2.24, 2.45) is 0 Å². The molecule has 2 heterocycles. The second-order valence-corrected chi connectivity index (χ2v) is 5.73. The predicted molar refractivity (Wildman–Crippen MR) is 74.1 cm³/mol. The van der Waals surface area contributed by atoms with Crippen molar-refractivity contribution in [3.63, 3.8) is 0 Å². The van der Waals surface area contributed by atoms with E-state index in [-0.39, 0.29) is 5.56 Å². The monoisotopic (exact) mass is 263 g/mol. The first kappa shape index (κ1) is 11.9. The van der Waals surface area contributed by atoms with Crippen molar-refractivity contribution >= 4 is 21.6 Å². The summed E-state index contributed by atoms with van der Waals surface area (Å²) in [6.45, 7) is 1.83. The minimum Gasteiger partial charge on any atom is -0.314 e. The molecule has 1 saturated carbocycles. The van der Waals surface area contributed by atoms with Gasteiger partial charge in [0.2, 0.25) is 0 Å². The molecule has 5 heteroatoms. The molecular formula is C13H17N3OS. The van der Waals surface area contributed by atoms with E-state index in [1.807, 2.05) is 11.4 Å². The number of nitrogens with zero attached hydrogens (tertiary/aromatic N) is 2. The molecule has 1 N–H and O–H groups in total. The molecule has 0 amide bonds. The molecule has 0 saturated heterocycles. The average Bonchev–Trinajstić information content (AvgIpc) is 3.06. The van der Waals surface area contributed by atoms with Crippen molar-refractivity contribution in [1.82, 2.24) is 14.9 Å². The van der Waals surface area contributed by atoms with Gasteiger partial charge >= 0.3 is 0 Å². The molecule has 1 aliphatic carbocycles. The lowest BCUT2D eigenvalue weighted by Crippen LogP contribution is -2.21. The quantitative estimate of drug-likeness (QED) is 0.811. The summed E-state index contributed by atoms with van der Waals surface area (Å²) in [6.07, 6.45) is 6.48. The van der Waals surface area contributed by atoms with Crippen LogP contribution >= 0.6 is 11.3 Å². The molecule has 0 unspecified atom stereocenters. The standard InChI is InChI=1S/C13H17N3OS/c17-13-12-11(5-8-18-12)15-9-16(13)7-2-1-6-14-10-3-4-10/h5,8-10,14H,1-4,6-7H2. The maximum Gasteiger partial charge on any atom is 0.271 e. The summed E-state index contributed by atoms with van der Waals surface area (Å²) >= 11 is 1.48. The number of hydrogen-bond acceptors (Lipinski definition) is 4. The van der Waals surface area contributed by atoms with Gasteiger partial charge < -0.3 is 5.32 Å². The molecule has 0 bridgehead atoms. The van der Waals surface area contributed by atoms with E-state index in [1.165, 1.54) is 24.2 Å². The van der Waals surface area contributed by atoms with Gasteiger partial charge in [0, 0.05) is 12.6 Å². The topological polar surface area (TPSA) is 46.9 Å². The summed E-state index contributed by atoms with van der Waals surface area (Å²) < 4.78 is 2.50. The van der Waals surface area contributed by atoms with Crippen LogP contribution in [0.15, 0.2) is 22.6 Å². The first-order valence-electron chi connectivity index (χ1n) is 6.50. The highest BCUT2D eigenvalue weighted by atomic mass is 32.1.